The summed E-state index contributed by atoms with van der Waals surface area (Å²) in [5.41, 5.74) is 8.96. The third-order valence-electron chi connectivity index (χ3n) is 3.27. The SMILES string of the molecule is CC(N)Cc1ccc(-c2cc3cc(Cl)ccc3o2)cc1. The lowest BCUT2D eigenvalue weighted by Gasteiger charge is -2.05. The fraction of sp³-hybridized carbons (Fsp3) is 0.176. The average Bonchev–Trinajstić information content (AvgIpc) is 2.81. The number of benzene rings is 2. The van der Waals surface area contributed by atoms with Crippen molar-refractivity contribution >= 4 is 22.6 Å². The van der Waals surface area contributed by atoms with Gasteiger partial charge in [-0.15, -0.1) is 0 Å². The Labute approximate surface area is 123 Å². The fourth-order valence-electron chi connectivity index (χ4n) is 2.33. The zero-order valence-electron chi connectivity index (χ0n) is 11.3. The van der Waals surface area contributed by atoms with Gasteiger partial charge in [0.05, 0.1) is 0 Å². The van der Waals surface area contributed by atoms with Gasteiger partial charge in [0, 0.05) is 22.0 Å². The van der Waals surface area contributed by atoms with Crippen LogP contribution in [-0.4, -0.2) is 6.04 Å². The molecule has 20 heavy (non-hydrogen) atoms. The van der Waals surface area contributed by atoms with E-state index in [4.69, 9.17) is 21.8 Å². The molecule has 1 heterocycles. The average molecular weight is 286 g/mol. The Morgan fingerprint density at radius 3 is 2.55 bits per heavy atom. The molecule has 1 unspecified atom stereocenters. The minimum atomic E-state index is 0.175. The van der Waals surface area contributed by atoms with Crippen LogP contribution in [0.3, 0.4) is 0 Å². The van der Waals surface area contributed by atoms with Crippen LogP contribution >= 0.6 is 11.6 Å². The lowest BCUT2D eigenvalue weighted by molar-refractivity contribution is 0.631. The van der Waals surface area contributed by atoms with Gasteiger partial charge in [-0.25, -0.2) is 0 Å². The van der Waals surface area contributed by atoms with E-state index in [-0.39, 0.29) is 6.04 Å². The fourth-order valence-corrected chi connectivity index (χ4v) is 2.51. The van der Waals surface area contributed by atoms with Gasteiger partial charge in [0.1, 0.15) is 11.3 Å². The van der Waals surface area contributed by atoms with Gasteiger partial charge < -0.3 is 10.2 Å². The third kappa shape index (κ3) is 2.72. The molecule has 0 bridgehead atoms. The first kappa shape index (κ1) is 13.2. The molecule has 2 N–H and O–H groups in total. The number of nitrogens with two attached hydrogens (primary N) is 1. The van der Waals surface area contributed by atoms with Crippen LogP contribution in [-0.2, 0) is 6.42 Å². The van der Waals surface area contributed by atoms with Gasteiger partial charge in [0.2, 0.25) is 0 Å². The highest BCUT2D eigenvalue weighted by atomic mass is 35.5. The Balaban J connectivity index is 1.94. The first-order valence-corrected chi connectivity index (χ1v) is 7.03. The van der Waals surface area contributed by atoms with Crippen LogP contribution < -0.4 is 5.73 Å². The summed E-state index contributed by atoms with van der Waals surface area (Å²) < 4.78 is 5.85. The Morgan fingerprint density at radius 2 is 1.85 bits per heavy atom. The van der Waals surface area contributed by atoms with Crippen molar-refractivity contribution in [2.24, 2.45) is 5.73 Å². The van der Waals surface area contributed by atoms with Crippen LogP contribution in [0, 0.1) is 0 Å². The molecule has 0 radical (unpaired) electrons. The highest BCUT2D eigenvalue weighted by Crippen LogP contribution is 2.29. The quantitative estimate of drug-likeness (QED) is 0.761. The predicted molar refractivity (Wildman–Crippen MR) is 84.0 cm³/mol. The standard InChI is InChI=1S/C17H16ClNO/c1-11(19)8-12-2-4-13(5-3-12)17-10-14-9-15(18)6-7-16(14)20-17/h2-7,9-11H,8,19H2,1H3. The maximum absolute atomic E-state index is 5.99. The number of rotatable bonds is 3. The second-order valence-electron chi connectivity index (χ2n) is 5.17. The summed E-state index contributed by atoms with van der Waals surface area (Å²) in [6, 6.07) is 16.2. The normalized spacial score (nSPS) is 12.8. The molecule has 0 fully saturated rings. The number of halogens is 1. The highest BCUT2D eigenvalue weighted by Gasteiger charge is 2.07. The Morgan fingerprint density at radius 1 is 1.10 bits per heavy atom. The van der Waals surface area contributed by atoms with Gasteiger partial charge in [-0.1, -0.05) is 35.9 Å². The van der Waals surface area contributed by atoms with Crippen LogP contribution in [0.4, 0.5) is 0 Å². The molecule has 3 rings (SSSR count). The Hall–Kier alpha value is -1.77. The summed E-state index contributed by atoms with van der Waals surface area (Å²) in [5.74, 6) is 0.856. The smallest absolute Gasteiger partial charge is 0.135 e. The second-order valence-corrected chi connectivity index (χ2v) is 5.61. The second kappa shape index (κ2) is 5.31. The molecular formula is C17H16ClNO. The first-order chi connectivity index (χ1) is 9.61. The van der Waals surface area contributed by atoms with Gasteiger partial charge >= 0.3 is 0 Å². The molecule has 1 aromatic heterocycles. The minimum absolute atomic E-state index is 0.175. The maximum atomic E-state index is 5.99. The Kier molecular flexibility index (Phi) is 3.51. The van der Waals surface area contributed by atoms with E-state index in [9.17, 15) is 0 Å². The van der Waals surface area contributed by atoms with Gasteiger partial charge in [0.15, 0.2) is 0 Å². The monoisotopic (exact) mass is 285 g/mol. The molecule has 2 nitrogen and oxygen atoms in total. The van der Waals surface area contributed by atoms with Crippen molar-refractivity contribution < 1.29 is 4.42 Å². The van der Waals surface area contributed by atoms with Gasteiger partial charge in [-0.3, -0.25) is 0 Å². The molecule has 0 spiro atoms. The molecule has 102 valence electrons. The van der Waals surface area contributed by atoms with Crippen molar-refractivity contribution in [1.82, 2.24) is 0 Å². The van der Waals surface area contributed by atoms with Gasteiger partial charge in [0.25, 0.3) is 0 Å². The van der Waals surface area contributed by atoms with E-state index < -0.39 is 0 Å². The number of hydrogen-bond donors (Lipinski definition) is 1. The molecule has 3 aromatic rings. The largest absolute Gasteiger partial charge is 0.456 e. The number of fused-ring (bicyclic) bond motifs is 1. The topological polar surface area (TPSA) is 39.2 Å². The Bertz CT molecular complexity index is 728. The number of furan rings is 1. The number of hydrogen-bond acceptors (Lipinski definition) is 2. The molecule has 0 amide bonds. The zero-order valence-corrected chi connectivity index (χ0v) is 12.0. The highest BCUT2D eigenvalue weighted by molar-refractivity contribution is 6.31. The minimum Gasteiger partial charge on any atom is -0.456 e. The van der Waals surface area contributed by atoms with Crippen molar-refractivity contribution in [2.45, 2.75) is 19.4 Å². The van der Waals surface area contributed by atoms with E-state index in [0.29, 0.717) is 0 Å². The molecule has 0 aliphatic rings. The van der Waals surface area contributed by atoms with Crippen LogP contribution in [0.15, 0.2) is 52.9 Å². The van der Waals surface area contributed by atoms with Crippen molar-refractivity contribution in [3.63, 3.8) is 0 Å². The van der Waals surface area contributed by atoms with Crippen molar-refractivity contribution in [3.05, 3.63) is 59.1 Å². The van der Waals surface area contributed by atoms with Crippen LogP contribution in [0.1, 0.15) is 12.5 Å². The van der Waals surface area contributed by atoms with Crippen molar-refractivity contribution in [3.8, 4) is 11.3 Å². The van der Waals surface area contributed by atoms with E-state index in [1.165, 1.54) is 5.56 Å². The summed E-state index contributed by atoms with van der Waals surface area (Å²) in [4.78, 5) is 0. The third-order valence-corrected chi connectivity index (χ3v) is 3.51. The van der Waals surface area contributed by atoms with Crippen LogP contribution in [0.2, 0.25) is 5.02 Å². The maximum Gasteiger partial charge on any atom is 0.135 e. The molecule has 0 saturated carbocycles. The molecule has 0 saturated heterocycles. The van der Waals surface area contributed by atoms with Gasteiger partial charge in [-0.2, -0.15) is 0 Å². The van der Waals surface area contributed by atoms with Crippen molar-refractivity contribution in [2.75, 3.05) is 0 Å². The lowest BCUT2D eigenvalue weighted by Crippen LogP contribution is -2.17. The van der Waals surface area contributed by atoms with E-state index in [1.807, 2.05) is 31.2 Å². The molecule has 0 aliphatic heterocycles. The predicted octanol–water partition coefficient (Wildman–Crippen LogP) is 4.64. The lowest BCUT2D eigenvalue weighted by atomic mass is 10.0. The zero-order chi connectivity index (χ0) is 14.1. The summed E-state index contributed by atoms with van der Waals surface area (Å²) in [6.07, 6.45) is 0.885. The van der Waals surface area contributed by atoms with Crippen LogP contribution in [0.5, 0.6) is 0 Å². The summed E-state index contributed by atoms with van der Waals surface area (Å²) >= 11 is 5.99. The summed E-state index contributed by atoms with van der Waals surface area (Å²) in [7, 11) is 0. The van der Waals surface area contributed by atoms with Crippen LogP contribution in [0.25, 0.3) is 22.3 Å². The molecule has 2 aromatic carbocycles. The van der Waals surface area contributed by atoms with E-state index in [0.717, 1.165) is 33.7 Å². The summed E-state index contributed by atoms with van der Waals surface area (Å²) in [5, 5.41) is 1.74. The van der Waals surface area contributed by atoms with Gasteiger partial charge in [-0.05, 0) is 43.2 Å². The molecule has 3 heteroatoms. The molecular weight excluding hydrogens is 270 g/mol. The van der Waals surface area contributed by atoms with E-state index in [1.54, 1.807) is 0 Å². The molecule has 0 aliphatic carbocycles. The summed E-state index contributed by atoms with van der Waals surface area (Å²) in [6.45, 7) is 2.01. The van der Waals surface area contributed by atoms with E-state index >= 15 is 0 Å². The van der Waals surface area contributed by atoms with Crippen molar-refractivity contribution in [1.29, 1.82) is 0 Å². The molecule has 1 atom stereocenters. The van der Waals surface area contributed by atoms with E-state index in [2.05, 4.69) is 24.3 Å². The first-order valence-electron chi connectivity index (χ1n) is 6.66.